The van der Waals surface area contributed by atoms with Gasteiger partial charge in [0.15, 0.2) is 0 Å². The Morgan fingerprint density at radius 3 is 2.56 bits per heavy atom. The van der Waals surface area contributed by atoms with Crippen molar-refractivity contribution in [2.75, 3.05) is 0 Å². The van der Waals surface area contributed by atoms with Crippen LogP contribution in [0.2, 0.25) is 0 Å². The molecule has 1 saturated carbocycles. The lowest BCUT2D eigenvalue weighted by atomic mass is 10.1. The van der Waals surface area contributed by atoms with Crippen molar-refractivity contribution in [1.82, 2.24) is 4.98 Å². The number of hydrogen-bond donors (Lipinski definition) is 1. The average molecular weight is 240 g/mol. The smallest absolute Gasteiger partial charge is 0.119 e. The molecule has 2 aromatic rings. The maximum atomic E-state index is 5.73. The van der Waals surface area contributed by atoms with Gasteiger partial charge in [-0.05, 0) is 42.2 Å². The minimum atomic E-state index is 0.443. The van der Waals surface area contributed by atoms with Crippen molar-refractivity contribution in [3.63, 3.8) is 0 Å². The molecule has 0 bridgehead atoms. The molecular weight excluding hydrogens is 224 g/mol. The Bertz CT molecular complexity index is 532. The maximum absolute atomic E-state index is 5.73. The largest absolute Gasteiger partial charge is 0.490 e. The summed E-state index contributed by atoms with van der Waals surface area (Å²) in [6.07, 6.45) is 6.47. The Hall–Kier alpha value is -1.87. The first-order chi connectivity index (χ1) is 8.85. The second-order valence-corrected chi connectivity index (χ2v) is 4.63. The lowest BCUT2D eigenvalue weighted by Gasteiger charge is -2.06. The van der Waals surface area contributed by atoms with E-state index in [1.807, 2.05) is 18.3 Å². The Morgan fingerprint density at radius 2 is 1.89 bits per heavy atom. The summed E-state index contributed by atoms with van der Waals surface area (Å²) >= 11 is 0. The fourth-order valence-electron chi connectivity index (χ4n) is 1.86. The molecule has 0 unspecified atom stereocenters. The van der Waals surface area contributed by atoms with E-state index in [2.05, 4.69) is 23.2 Å². The van der Waals surface area contributed by atoms with Gasteiger partial charge in [-0.2, -0.15) is 0 Å². The molecule has 3 heteroatoms. The van der Waals surface area contributed by atoms with Crippen molar-refractivity contribution >= 4 is 0 Å². The van der Waals surface area contributed by atoms with Crippen LogP contribution in [0.5, 0.6) is 5.75 Å². The second-order valence-electron chi connectivity index (χ2n) is 4.63. The van der Waals surface area contributed by atoms with Gasteiger partial charge in [-0.15, -0.1) is 0 Å². The zero-order valence-corrected chi connectivity index (χ0v) is 10.2. The summed E-state index contributed by atoms with van der Waals surface area (Å²) in [5.74, 6) is 0.948. The molecule has 0 spiro atoms. The van der Waals surface area contributed by atoms with Crippen LogP contribution in [0.3, 0.4) is 0 Å². The zero-order valence-electron chi connectivity index (χ0n) is 10.2. The summed E-state index contributed by atoms with van der Waals surface area (Å²) in [4.78, 5) is 4.20. The lowest BCUT2D eigenvalue weighted by molar-refractivity contribution is 0.303. The summed E-state index contributed by atoms with van der Waals surface area (Å²) in [6.45, 7) is 0.518. The predicted octanol–water partition coefficient (Wildman–Crippen LogP) is 2.75. The van der Waals surface area contributed by atoms with Gasteiger partial charge in [0.25, 0.3) is 0 Å². The van der Waals surface area contributed by atoms with Crippen LogP contribution in [0.4, 0.5) is 0 Å². The lowest BCUT2D eigenvalue weighted by Crippen LogP contribution is -1.97. The van der Waals surface area contributed by atoms with Gasteiger partial charge in [-0.1, -0.05) is 12.1 Å². The number of rotatable bonds is 4. The van der Waals surface area contributed by atoms with Crippen LogP contribution in [-0.2, 0) is 6.54 Å². The van der Waals surface area contributed by atoms with Gasteiger partial charge in [0.05, 0.1) is 6.10 Å². The molecule has 3 rings (SSSR count). The Labute approximate surface area is 107 Å². The summed E-state index contributed by atoms with van der Waals surface area (Å²) in [6, 6.07) is 10.2. The maximum Gasteiger partial charge on any atom is 0.119 e. The van der Waals surface area contributed by atoms with Crippen molar-refractivity contribution in [3.8, 4) is 16.9 Å². The summed E-state index contributed by atoms with van der Waals surface area (Å²) < 4.78 is 5.73. The highest BCUT2D eigenvalue weighted by atomic mass is 16.5. The van der Waals surface area contributed by atoms with E-state index in [1.165, 1.54) is 12.8 Å². The molecule has 1 aromatic heterocycles. The van der Waals surface area contributed by atoms with Gasteiger partial charge < -0.3 is 10.5 Å². The van der Waals surface area contributed by atoms with Crippen molar-refractivity contribution in [2.24, 2.45) is 5.73 Å². The standard InChI is InChI=1S/C15H16N2O/c16-8-11-7-13(10-17-9-11)12-1-3-14(4-2-12)18-15-5-6-15/h1-4,7,9-10,15H,5-6,8,16H2. The van der Waals surface area contributed by atoms with Gasteiger partial charge in [-0.3, -0.25) is 4.98 Å². The highest BCUT2D eigenvalue weighted by molar-refractivity contribution is 5.63. The van der Waals surface area contributed by atoms with Crippen LogP contribution in [0.15, 0.2) is 42.7 Å². The van der Waals surface area contributed by atoms with Gasteiger partial charge in [0.2, 0.25) is 0 Å². The number of pyridine rings is 1. The molecule has 0 amide bonds. The number of benzene rings is 1. The molecule has 18 heavy (non-hydrogen) atoms. The number of ether oxygens (including phenoxy) is 1. The number of hydrogen-bond acceptors (Lipinski definition) is 3. The van der Waals surface area contributed by atoms with E-state index in [4.69, 9.17) is 10.5 Å². The fraction of sp³-hybridized carbons (Fsp3) is 0.267. The van der Waals surface area contributed by atoms with E-state index in [9.17, 15) is 0 Å². The third kappa shape index (κ3) is 2.51. The topological polar surface area (TPSA) is 48.1 Å². The molecule has 3 nitrogen and oxygen atoms in total. The zero-order chi connectivity index (χ0) is 12.4. The summed E-state index contributed by atoms with van der Waals surface area (Å²) in [5.41, 5.74) is 8.90. The predicted molar refractivity (Wildman–Crippen MR) is 71.2 cm³/mol. The van der Waals surface area contributed by atoms with E-state index < -0.39 is 0 Å². The molecule has 2 N–H and O–H groups in total. The van der Waals surface area contributed by atoms with Crippen LogP contribution >= 0.6 is 0 Å². The highest BCUT2D eigenvalue weighted by Crippen LogP contribution is 2.28. The normalized spacial score (nSPS) is 14.5. The highest BCUT2D eigenvalue weighted by Gasteiger charge is 2.23. The Morgan fingerprint density at radius 1 is 1.11 bits per heavy atom. The van der Waals surface area contributed by atoms with E-state index in [0.717, 1.165) is 22.4 Å². The first-order valence-electron chi connectivity index (χ1n) is 6.26. The number of aromatic nitrogens is 1. The molecule has 1 aliphatic carbocycles. The quantitative estimate of drug-likeness (QED) is 0.894. The third-order valence-corrected chi connectivity index (χ3v) is 3.05. The van der Waals surface area contributed by atoms with Gasteiger partial charge in [0, 0.05) is 24.5 Å². The number of nitrogens with zero attached hydrogens (tertiary/aromatic N) is 1. The molecule has 0 aliphatic heterocycles. The van der Waals surface area contributed by atoms with Crippen LogP contribution in [0.25, 0.3) is 11.1 Å². The molecule has 1 heterocycles. The van der Waals surface area contributed by atoms with Crippen LogP contribution in [0, 0.1) is 0 Å². The first kappa shape index (κ1) is 11.2. The fourth-order valence-corrected chi connectivity index (χ4v) is 1.86. The number of nitrogens with two attached hydrogens (primary N) is 1. The average Bonchev–Trinajstić information content (AvgIpc) is 3.24. The van der Waals surface area contributed by atoms with Crippen molar-refractivity contribution in [2.45, 2.75) is 25.5 Å². The first-order valence-corrected chi connectivity index (χ1v) is 6.26. The minimum absolute atomic E-state index is 0.443. The van der Waals surface area contributed by atoms with Crippen molar-refractivity contribution in [3.05, 3.63) is 48.3 Å². The van der Waals surface area contributed by atoms with Crippen LogP contribution in [-0.4, -0.2) is 11.1 Å². The summed E-state index contributed by atoms with van der Waals surface area (Å²) in [5, 5.41) is 0. The SMILES string of the molecule is NCc1cncc(-c2ccc(OC3CC3)cc2)c1. The molecule has 0 saturated heterocycles. The van der Waals surface area contributed by atoms with Crippen LogP contribution in [0.1, 0.15) is 18.4 Å². The molecule has 1 fully saturated rings. The van der Waals surface area contributed by atoms with Crippen LogP contribution < -0.4 is 10.5 Å². The summed E-state index contributed by atoms with van der Waals surface area (Å²) in [7, 11) is 0. The van der Waals surface area contributed by atoms with Gasteiger partial charge >= 0.3 is 0 Å². The second kappa shape index (κ2) is 4.78. The van der Waals surface area contributed by atoms with Crippen molar-refractivity contribution in [1.29, 1.82) is 0 Å². The molecule has 0 radical (unpaired) electrons. The van der Waals surface area contributed by atoms with E-state index in [1.54, 1.807) is 6.20 Å². The van der Waals surface area contributed by atoms with E-state index >= 15 is 0 Å². The molecule has 1 aliphatic rings. The van der Waals surface area contributed by atoms with Crippen molar-refractivity contribution < 1.29 is 4.74 Å². The monoisotopic (exact) mass is 240 g/mol. The molecule has 1 aromatic carbocycles. The molecule has 0 atom stereocenters. The molecular formula is C15H16N2O. The van der Waals surface area contributed by atoms with E-state index in [-0.39, 0.29) is 0 Å². The molecule has 92 valence electrons. The van der Waals surface area contributed by atoms with Gasteiger partial charge in [-0.25, -0.2) is 0 Å². The van der Waals surface area contributed by atoms with E-state index in [0.29, 0.717) is 12.6 Å². The minimum Gasteiger partial charge on any atom is -0.490 e. The van der Waals surface area contributed by atoms with Gasteiger partial charge in [0.1, 0.15) is 5.75 Å². The Kier molecular flexibility index (Phi) is 2.99. The Balaban J connectivity index is 1.81. The third-order valence-electron chi connectivity index (χ3n) is 3.05.